The maximum Gasteiger partial charge on any atom is 0.328 e. The molecule has 10 atom stereocenters. The van der Waals surface area contributed by atoms with Crippen molar-refractivity contribution in [3.05, 3.63) is 29.8 Å². The molecule has 4 aliphatic carbocycles. The molecule has 0 amide bonds. The van der Waals surface area contributed by atoms with Gasteiger partial charge in [0.1, 0.15) is 0 Å². The second kappa shape index (κ2) is 11.7. The van der Waals surface area contributed by atoms with Gasteiger partial charge in [-0.1, -0.05) is 26.8 Å². The summed E-state index contributed by atoms with van der Waals surface area (Å²) in [6, 6.07) is 4.98. The smallest absolute Gasteiger partial charge is 0.328 e. The number of carboxylic acids is 1. The molecule has 0 aliphatic heterocycles. The maximum absolute atomic E-state index is 12.9. The van der Waals surface area contributed by atoms with Gasteiger partial charge in [0.25, 0.3) is 0 Å². The van der Waals surface area contributed by atoms with E-state index in [1.807, 2.05) is 0 Å². The third kappa shape index (κ3) is 5.69. The number of aliphatic carboxylic acids is 1. The first-order valence-electron chi connectivity index (χ1n) is 15.6. The summed E-state index contributed by atoms with van der Waals surface area (Å²) in [7, 11) is 1.49. The number of hydrogen-bond donors (Lipinski definition) is 3. The third-order valence-corrected chi connectivity index (χ3v) is 12.0. The topological polar surface area (TPSA) is 113 Å². The molecule has 3 N–H and O–H groups in total. The Morgan fingerprint density at radius 3 is 2.49 bits per heavy atom. The van der Waals surface area contributed by atoms with E-state index in [0.29, 0.717) is 59.0 Å². The molecular formula is C34H48O7. The third-order valence-electron chi connectivity index (χ3n) is 12.0. The quantitative estimate of drug-likeness (QED) is 0.197. The molecule has 226 valence electrons. The van der Waals surface area contributed by atoms with Gasteiger partial charge >= 0.3 is 11.9 Å². The van der Waals surface area contributed by atoms with Gasteiger partial charge in [0.15, 0.2) is 11.5 Å². The Bertz CT molecular complexity index is 1160. The second-order valence-corrected chi connectivity index (χ2v) is 14.0. The predicted molar refractivity (Wildman–Crippen MR) is 156 cm³/mol. The van der Waals surface area contributed by atoms with Crippen LogP contribution in [-0.4, -0.2) is 46.6 Å². The molecule has 4 fully saturated rings. The zero-order valence-electron chi connectivity index (χ0n) is 25.1. The first kappa shape index (κ1) is 30.1. The monoisotopic (exact) mass is 568 g/mol. The van der Waals surface area contributed by atoms with Crippen LogP contribution in [0.4, 0.5) is 0 Å². The summed E-state index contributed by atoms with van der Waals surface area (Å²) in [6.07, 6.45) is 11.3. The number of carbonyl (C=O) groups is 2. The van der Waals surface area contributed by atoms with E-state index >= 15 is 0 Å². The zero-order chi connectivity index (χ0) is 29.5. The van der Waals surface area contributed by atoms with Crippen molar-refractivity contribution >= 4 is 18.0 Å². The van der Waals surface area contributed by atoms with Crippen molar-refractivity contribution in [3.63, 3.8) is 0 Å². The lowest BCUT2D eigenvalue weighted by molar-refractivity contribution is -0.174. The normalized spacial score (nSPS) is 38.9. The molecule has 7 nitrogen and oxygen atoms in total. The number of rotatable bonds is 8. The minimum absolute atomic E-state index is 0.172. The number of methoxy groups -OCH3 is 1. The van der Waals surface area contributed by atoms with Crippen LogP contribution in [0.1, 0.15) is 90.5 Å². The van der Waals surface area contributed by atoms with Crippen LogP contribution < -0.4 is 9.47 Å². The van der Waals surface area contributed by atoms with E-state index in [1.54, 1.807) is 18.2 Å². The van der Waals surface area contributed by atoms with Crippen molar-refractivity contribution in [1.29, 1.82) is 0 Å². The summed E-state index contributed by atoms with van der Waals surface area (Å²) >= 11 is 0. The van der Waals surface area contributed by atoms with Gasteiger partial charge < -0.3 is 24.8 Å². The summed E-state index contributed by atoms with van der Waals surface area (Å²) < 4.78 is 11.0. The highest BCUT2D eigenvalue weighted by molar-refractivity contribution is 5.85. The van der Waals surface area contributed by atoms with Gasteiger partial charge in [0.05, 0.1) is 19.3 Å². The number of hydrogen-bond acceptors (Lipinski definition) is 6. The number of benzene rings is 1. The molecule has 0 radical (unpaired) electrons. The first-order chi connectivity index (χ1) is 19.5. The van der Waals surface area contributed by atoms with Crippen molar-refractivity contribution in [2.75, 3.05) is 7.11 Å². The number of carboxylic acid groups (broad SMARTS) is 1. The van der Waals surface area contributed by atoms with Gasteiger partial charge in [0.2, 0.25) is 0 Å². The van der Waals surface area contributed by atoms with Crippen molar-refractivity contribution in [3.8, 4) is 11.5 Å². The van der Waals surface area contributed by atoms with Crippen molar-refractivity contribution in [2.45, 2.75) is 97.2 Å². The minimum atomic E-state index is -1.04. The van der Waals surface area contributed by atoms with Crippen LogP contribution in [0.3, 0.4) is 0 Å². The van der Waals surface area contributed by atoms with Gasteiger partial charge in [-0.15, -0.1) is 0 Å². The van der Waals surface area contributed by atoms with Crippen LogP contribution in [0.15, 0.2) is 24.3 Å². The summed E-state index contributed by atoms with van der Waals surface area (Å²) in [5.41, 5.74) is 1.04. The van der Waals surface area contributed by atoms with Gasteiger partial charge in [-0.25, -0.2) is 4.79 Å². The fourth-order valence-corrected chi connectivity index (χ4v) is 9.94. The van der Waals surface area contributed by atoms with Gasteiger partial charge in [0, 0.05) is 12.5 Å². The van der Waals surface area contributed by atoms with Crippen LogP contribution in [0.2, 0.25) is 0 Å². The lowest BCUT2D eigenvalue weighted by atomic mass is 9.43. The average molecular weight is 569 g/mol. The molecule has 0 spiro atoms. The molecule has 4 saturated carbocycles. The summed E-state index contributed by atoms with van der Waals surface area (Å²) in [5.74, 6) is 2.08. The van der Waals surface area contributed by atoms with Gasteiger partial charge in [-0.2, -0.15) is 0 Å². The molecule has 1 aromatic carbocycles. The molecular weight excluding hydrogens is 520 g/mol. The van der Waals surface area contributed by atoms with E-state index in [9.17, 15) is 19.8 Å². The zero-order valence-corrected chi connectivity index (χ0v) is 25.1. The molecule has 0 bridgehead atoms. The Hall–Kier alpha value is -2.38. The van der Waals surface area contributed by atoms with Crippen LogP contribution >= 0.6 is 0 Å². The van der Waals surface area contributed by atoms with Crippen molar-refractivity contribution in [2.24, 2.45) is 46.3 Å². The molecule has 5 rings (SSSR count). The highest BCUT2D eigenvalue weighted by atomic mass is 16.6. The molecule has 7 heteroatoms. The molecule has 1 aromatic rings. The number of carbonyl (C=O) groups excluding carboxylic acids is 1. The lowest BCUT2D eigenvalue weighted by Gasteiger charge is -2.62. The Morgan fingerprint density at radius 1 is 1.02 bits per heavy atom. The fourth-order valence-electron chi connectivity index (χ4n) is 9.94. The predicted octanol–water partition coefficient (Wildman–Crippen LogP) is 6.11. The Kier molecular flexibility index (Phi) is 8.60. The summed E-state index contributed by atoms with van der Waals surface area (Å²) in [4.78, 5) is 23.7. The van der Waals surface area contributed by atoms with E-state index in [1.165, 1.54) is 19.6 Å². The first-order valence-corrected chi connectivity index (χ1v) is 15.6. The van der Waals surface area contributed by atoms with Gasteiger partial charge in [-0.05, 0) is 128 Å². The number of aliphatic hydroxyl groups is 2. The largest absolute Gasteiger partial charge is 0.493 e. The van der Waals surface area contributed by atoms with E-state index in [-0.39, 0.29) is 29.0 Å². The lowest BCUT2D eigenvalue weighted by Crippen LogP contribution is -2.58. The molecule has 3 unspecified atom stereocenters. The van der Waals surface area contributed by atoms with Crippen LogP contribution in [0.25, 0.3) is 6.08 Å². The Balaban J connectivity index is 1.21. The van der Waals surface area contributed by atoms with Crippen molar-refractivity contribution in [1.82, 2.24) is 0 Å². The molecule has 0 heterocycles. The maximum atomic E-state index is 12.9. The van der Waals surface area contributed by atoms with E-state index in [2.05, 4.69) is 20.8 Å². The Labute approximate surface area is 244 Å². The number of esters is 1. The Morgan fingerprint density at radius 2 is 1.76 bits per heavy atom. The minimum Gasteiger partial charge on any atom is -0.493 e. The number of ether oxygens (including phenoxy) is 2. The molecule has 0 saturated heterocycles. The van der Waals surface area contributed by atoms with Crippen molar-refractivity contribution < 1.29 is 34.4 Å². The van der Waals surface area contributed by atoms with Crippen LogP contribution in [0, 0.1) is 46.3 Å². The summed E-state index contributed by atoms with van der Waals surface area (Å²) in [5, 5.41) is 30.7. The summed E-state index contributed by atoms with van der Waals surface area (Å²) in [6.45, 7) is 7.18. The fraction of sp³-hybridized carbons (Fsp3) is 0.706. The second-order valence-electron chi connectivity index (χ2n) is 14.0. The highest BCUT2D eigenvalue weighted by Crippen LogP contribution is 2.68. The average Bonchev–Trinajstić information content (AvgIpc) is 3.29. The number of aliphatic hydroxyl groups excluding tert-OH is 2. The highest BCUT2D eigenvalue weighted by Gasteiger charge is 2.62. The molecule has 4 aliphatic rings. The van der Waals surface area contributed by atoms with Gasteiger partial charge in [-0.3, -0.25) is 4.79 Å². The number of fused-ring (bicyclic) bond motifs is 5. The molecule has 0 aromatic heterocycles. The van der Waals surface area contributed by atoms with E-state index in [0.717, 1.165) is 57.4 Å². The van der Waals surface area contributed by atoms with E-state index in [4.69, 9.17) is 14.6 Å². The van der Waals surface area contributed by atoms with E-state index < -0.39 is 5.97 Å². The SMILES string of the molecule is COc1cc(/C=C/C(=O)O)ccc1OC(=O)CC[C@@H](C)[C@H]1CCC2C3C(CC[C@@]21C)[C@@]1(C)CC[C@@H](O)C[C@H]1C[C@@H]3O. The van der Waals surface area contributed by atoms with Crippen LogP contribution in [0.5, 0.6) is 11.5 Å². The molecule has 41 heavy (non-hydrogen) atoms. The van der Waals surface area contributed by atoms with Crippen LogP contribution in [-0.2, 0) is 9.59 Å². The standard InChI is InChI=1S/C34H48O7/c1-20(5-12-31(39)41-28-10-6-21(7-11-30(37)38)17-29(28)40-4)24-8-9-25-32-26(14-16-34(24,25)3)33(2)15-13-23(35)18-22(33)19-27(32)36/h6-7,10-11,17,20,22-27,32,35-36H,5,8-9,12-16,18-19H2,1-4H3,(H,37,38)/b11-7+/t20-,22+,23-,24-,25?,26?,27+,32?,33+,34-/m1/s1.